The Labute approximate surface area is 128 Å². The smallest absolute Gasteiger partial charge is 0.230 e. The molecule has 0 spiro atoms. The SMILES string of the molecule is CCNC(=O)CSc1ccc(-c2ccc(OC)cc2)nn1. The summed E-state index contributed by atoms with van der Waals surface area (Å²) in [6.07, 6.45) is 0. The van der Waals surface area contributed by atoms with E-state index in [4.69, 9.17) is 4.74 Å². The van der Waals surface area contributed by atoms with E-state index in [1.807, 2.05) is 43.3 Å². The zero-order valence-corrected chi connectivity index (χ0v) is 12.8. The van der Waals surface area contributed by atoms with Gasteiger partial charge in [-0.05, 0) is 43.3 Å². The van der Waals surface area contributed by atoms with Gasteiger partial charge in [0.2, 0.25) is 5.91 Å². The van der Waals surface area contributed by atoms with Crippen molar-refractivity contribution in [1.29, 1.82) is 0 Å². The summed E-state index contributed by atoms with van der Waals surface area (Å²) < 4.78 is 5.12. The van der Waals surface area contributed by atoms with E-state index in [9.17, 15) is 4.79 Å². The van der Waals surface area contributed by atoms with Gasteiger partial charge in [-0.1, -0.05) is 11.8 Å². The first-order valence-corrected chi connectivity index (χ1v) is 7.59. The van der Waals surface area contributed by atoms with Crippen LogP contribution in [-0.4, -0.2) is 35.5 Å². The molecule has 1 aromatic heterocycles. The first-order chi connectivity index (χ1) is 10.2. The zero-order chi connectivity index (χ0) is 15.1. The van der Waals surface area contributed by atoms with Crippen molar-refractivity contribution in [3.05, 3.63) is 36.4 Å². The molecule has 2 aromatic rings. The van der Waals surface area contributed by atoms with Crippen molar-refractivity contribution in [3.8, 4) is 17.0 Å². The lowest BCUT2D eigenvalue weighted by Crippen LogP contribution is -2.24. The molecule has 0 fully saturated rings. The van der Waals surface area contributed by atoms with Crippen LogP contribution in [0, 0.1) is 0 Å². The largest absolute Gasteiger partial charge is 0.497 e. The Kier molecular flexibility index (Phi) is 5.57. The van der Waals surface area contributed by atoms with E-state index < -0.39 is 0 Å². The van der Waals surface area contributed by atoms with Crippen molar-refractivity contribution in [2.24, 2.45) is 0 Å². The van der Waals surface area contributed by atoms with Crippen LogP contribution in [0.3, 0.4) is 0 Å². The molecule has 5 nitrogen and oxygen atoms in total. The van der Waals surface area contributed by atoms with Crippen molar-refractivity contribution in [2.75, 3.05) is 19.4 Å². The molecule has 1 heterocycles. The van der Waals surface area contributed by atoms with Crippen LogP contribution < -0.4 is 10.1 Å². The van der Waals surface area contributed by atoms with Gasteiger partial charge in [-0.15, -0.1) is 10.2 Å². The number of carbonyl (C=O) groups excluding carboxylic acids is 1. The third-order valence-corrected chi connectivity index (χ3v) is 3.67. The molecule has 0 atom stereocenters. The van der Waals surface area contributed by atoms with Gasteiger partial charge in [0, 0.05) is 12.1 Å². The first-order valence-electron chi connectivity index (χ1n) is 6.60. The van der Waals surface area contributed by atoms with Crippen molar-refractivity contribution >= 4 is 17.7 Å². The van der Waals surface area contributed by atoms with Crippen molar-refractivity contribution in [2.45, 2.75) is 11.9 Å². The van der Waals surface area contributed by atoms with Gasteiger partial charge in [0.05, 0.1) is 18.6 Å². The van der Waals surface area contributed by atoms with E-state index in [1.54, 1.807) is 7.11 Å². The predicted molar refractivity (Wildman–Crippen MR) is 83.4 cm³/mol. The Morgan fingerprint density at radius 2 is 1.95 bits per heavy atom. The Morgan fingerprint density at radius 3 is 2.52 bits per heavy atom. The molecule has 2 rings (SSSR count). The molecule has 0 saturated carbocycles. The van der Waals surface area contributed by atoms with Crippen molar-refractivity contribution in [1.82, 2.24) is 15.5 Å². The third kappa shape index (κ3) is 4.46. The molecule has 1 N–H and O–H groups in total. The summed E-state index contributed by atoms with van der Waals surface area (Å²) in [6, 6.07) is 11.4. The molecule has 0 aliphatic carbocycles. The van der Waals surface area contributed by atoms with Crippen LogP contribution in [-0.2, 0) is 4.79 Å². The van der Waals surface area contributed by atoms with E-state index in [-0.39, 0.29) is 5.91 Å². The number of benzene rings is 1. The van der Waals surface area contributed by atoms with Crippen LogP contribution in [0.2, 0.25) is 0 Å². The third-order valence-electron chi connectivity index (χ3n) is 2.75. The maximum Gasteiger partial charge on any atom is 0.230 e. The highest BCUT2D eigenvalue weighted by Gasteiger charge is 2.05. The quantitative estimate of drug-likeness (QED) is 0.830. The fourth-order valence-corrected chi connectivity index (χ4v) is 2.34. The predicted octanol–water partition coefficient (Wildman–Crippen LogP) is 2.38. The number of hydrogen-bond acceptors (Lipinski definition) is 5. The van der Waals surface area contributed by atoms with Crippen molar-refractivity contribution in [3.63, 3.8) is 0 Å². The molecule has 6 heteroatoms. The number of hydrogen-bond donors (Lipinski definition) is 1. The molecule has 0 bridgehead atoms. The lowest BCUT2D eigenvalue weighted by molar-refractivity contribution is -0.118. The maximum atomic E-state index is 11.4. The number of carbonyl (C=O) groups is 1. The topological polar surface area (TPSA) is 64.1 Å². The van der Waals surface area contributed by atoms with Gasteiger partial charge >= 0.3 is 0 Å². The molecule has 0 aliphatic rings. The van der Waals surface area contributed by atoms with Crippen LogP contribution >= 0.6 is 11.8 Å². The van der Waals surface area contributed by atoms with E-state index in [0.29, 0.717) is 12.3 Å². The number of amides is 1. The highest BCUT2D eigenvalue weighted by atomic mass is 32.2. The first kappa shape index (κ1) is 15.3. The van der Waals surface area contributed by atoms with E-state index in [0.717, 1.165) is 22.0 Å². The highest BCUT2D eigenvalue weighted by molar-refractivity contribution is 7.99. The zero-order valence-electron chi connectivity index (χ0n) is 12.0. The molecular formula is C15H17N3O2S. The van der Waals surface area contributed by atoms with Crippen LogP contribution in [0.25, 0.3) is 11.3 Å². The van der Waals surface area contributed by atoms with Gasteiger partial charge in [0.1, 0.15) is 10.8 Å². The fourth-order valence-electron chi connectivity index (χ4n) is 1.70. The van der Waals surface area contributed by atoms with Gasteiger partial charge in [0.25, 0.3) is 0 Å². The Hall–Kier alpha value is -2.08. The lowest BCUT2D eigenvalue weighted by atomic mass is 10.1. The summed E-state index contributed by atoms with van der Waals surface area (Å²) in [5.41, 5.74) is 1.77. The second kappa shape index (κ2) is 7.64. The van der Waals surface area contributed by atoms with Crippen molar-refractivity contribution < 1.29 is 9.53 Å². The number of nitrogens with one attached hydrogen (secondary N) is 1. The average Bonchev–Trinajstić information content (AvgIpc) is 2.54. The Balaban J connectivity index is 1.99. The highest BCUT2D eigenvalue weighted by Crippen LogP contribution is 2.22. The van der Waals surface area contributed by atoms with Gasteiger partial charge in [0.15, 0.2) is 0 Å². The van der Waals surface area contributed by atoms with E-state index in [1.165, 1.54) is 11.8 Å². The number of ether oxygens (including phenoxy) is 1. The number of thioether (sulfide) groups is 1. The summed E-state index contributed by atoms with van der Waals surface area (Å²) in [5, 5.41) is 11.8. The standard InChI is InChI=1S/C15H17N3O2S/c1-3-16-14(19)10-21-15-9-8-13(17-18-15)11-4-6-12(20-2)7-5-11/h4-9H,3,10H2,1-2H3,(H,16,19). The fraction of sp³-hybridized carbons (Fsp3) is 0.267. The van der Waals surface area contributed by atoms with Gasteiger partial charge in [-0.3, -0.25) is 4.79 Å². The molecule has 1 aromatic carbocycles. The minimum absolute atomic E-state index is 0.00327. The summed E-state index contributed by atoms with van der Waals surface area (Å²) in [6.45, 7) is 2.54. The second-order valence-corrected chi connectivity index (χ2v) is 5.22. The summed E-state index contributed by atoms with van der Waals surface area (Å²) in [7, 11) is 1.63. The molecular weight excluding hydrogens is 286 g/mol. The molecule has 0 saturated heterocycles. The number of rotatable bonds is 6. The van der Waals surface area contributed by atoms with Crippen LogP contribution in [0.1, 0.15) is 6.92 Å². The molecule has 21 heavy (non-hydrogen) atoms. The molecule has 110 valence electrons. The molecule has 0 aliphatic heterocycles. The van der Waals surface area contributed by atoms with E-state index in [2.05, 4.69) is 15.5 Å². The minimum Gasteiger partial charge on any atom is -0.497 e. The normalized spacial score (nSPS) is 10.2. The number of nitrogens with zero attached hydrogens (tertiary/aromatic N) is 2. The lowest BCUT2D eigenvalue weighted by Gasteiger charge is -2.04. The Bertz CT molecular complexity index is 585. The molecule has 0 radical (unpaired) electrons. The minimum atomic E-state index is 0.00327. The number of methoxy groups -OCH3 is 1. The maximum absolute atomic E-state index is 11.4. The van der Waals surface area contributed by atoms with Crippen LogP contribution in [0.15, 0.2) is 41.4 Å². The molecule has 0 unspecified atom stereocenters. The number of aromatic nitrogens is 2. The van der Waals surface area contributed by atoms with Crippen LogP contribution in [0.4, 0.5) is 0 Å². The van der Waals surface area contributed by atoms with Gasteiger partial charge in [-0.2, -0.15) is 0 Å². The summed E-state index contributed by atoms with van der Waals surface area (Å²) in [5.74, 6) is 1.16. The van der Waals surface area contributed by atoms with Gasteiger partial charge in [-0.25, -0.2) is 0 Å². The summed E-state index contributed by atoms with van der Waals surface area (Å²) >= 11 is 1.37. The summed E-state index contributed by atoms with van der Waals surface area (Å²) in [4.78, 5) is 11.4. The van der Waals surface area contributed by atoms with Gasteiger partial charge < -0.3 is 10.1 Å². The Morgan fingerprint density at radius 1 is 1.19 bits per heavy atom. The van der Waals surface area contributed by atoms with Crippen LogP contribution in [0.5, 0.6) is 5.75 Å². The molecule has 1 amide bonds. The average molecular weight is 303 g/mol. The van der Waals surface area contributed by atoms with E-state index >= 15 is 0 Å². The monoisotopic (exact) mass is 303 g/mol. The second-order valence-electron chi connectivity index (χ2n) is 4.23.